The molecule has 2 rings (SSSR count). The van der Waals surface area contributed by atoms with Gasteiger partial charge in [0.15, 0.2) is 0 Å². The largest absolute Gasteiger partial charge is 0.349 e. The summed E-state index contributed by atoms with van der Waals surface area (Å²) in [4.78, 5) is 12.7. The lowest BCUT2D eigenvalue weighted by Gasteiger charge is -2.26. The number of rotatable bonds is 7. The SMILES string of the molecule is Cl.NCCCCCCC(=O)NC1CCSc2c(F)cccc21. The van der Waals surface area contributed by atoms with Gasteiger partial charge in [-0.1, -0.05) is 25.0 Å². The van der Waals surface area contributed by atoms with Crippen molar-refractivity contribution in [3.05, 3.63) is 29.6 Å². The van der Waals surface area contributed by atoms with E-state index in [4.69, 9.17) is 5.73 Å². The molecular weight excluding hydrogens is 323 g/mol. The number of amides is 1. The highest BCUT2D eigenvalue weighted by Crippen LogP contribution is 2.37. The topological polar surface area (TPSA) is 55.1 Å². The molecule has 3 N–H and O–H groups in total. The summed E-state index contributed by atoms with van der Waals surface area (Å²) in [5.74, 6) is 0.725. The first kappa shape index (κ1) is 19.3. The van der Waals surface area contributed by atoms with Crippen molar-refractivity contribution in [1.82, 2.24) is 5.32 Å². The van der Waals surface area contributed by atoms with Crippen molar-refractivity contribution in [3.63, 3.8) is 0 Å². The molecule has 124 valence electrons. The van der Waals surface area contributed by atoms with Crippen LogP contribution < -0.4 is 11.1 Å². The Morgan fingerprint density at radius 3 is 2.86 bits per heavy atom. The Hall–Kier alpha value is -0.780. The molecule has 1 aromatic carbocycles. The van der Waals surface area contributed by atoms with Crippen LogP contribution in [0.5, 0.6) is 0 Å². The second kappa shape index (κ2) is 10.1. The predicted molar refractivity (Wildman–Crippen MR) is 92.0 cm³/mol. The summed E-state index contributed by atoms with van der Waals surface area (Å²) in [6.07, 6.45) is 5.44. The Morgan fingerprint density at radius 1 is 1.32 bits per heavy atom. The lowest BCUT2D eigenvalue weighted by Crippen LogP contribution is -2.30. The Kier molecular flexibility index (Phi) is 8.83. The molecule has 3 nitrogen and oxygen atoms in total. The average Bonchev–Trinajstić information content (AvgIpc) is 2.48. The van der Waals surface area contributed by atoms with Crippen molar-refractivity contribution in [1.29, 1.82) is 0 Å². The van der Waals surface area contributed by atoms with Gasteiger partial charge in [-0.15, -0.1) is 24.2 Å². The van der Waals surface area contributed by atoms with Crippen molar-refractivity contribution in [2.45, 2.75) is 49.5 Å². The van der Waals surface area contributed by atoms with Gasteiger partial charge < -0.3 is 11.1 Å². The Morgan fingerprint density at radius 2 is 2.09 bits per heavy atom. The third-order valence-electron chi connectivity index (χ3n) is 3.72. The highest BCUT2D eigenvalue weighted by atomic mass is 35.5. The van der Waals surface area contributed by atoms with Crippen LogP contribution in [-0.4, -0.2) is 18.2 Å². The highest BCUT2D eigenvalue weighted by molar-refractivity contribution is 7.99. The lowest BCUT2D eigenvalue weighted by molar-refractivity contribution is -0.122. The number of carbonyl (C=O) groups is 1. The lowest BCUT2D eigenvalue weighted by atomic mass is 10.0. The molecule has 0 spiro atoms. The molecule has 0 saturated carbocycles. The Labute approximate surface area is 142 Å². The van der Waals surface area contributed by atoms with Gasteiger partial charge >= 0.3 is 0 Å². The molecule has 22 heavy (non-hydrogen) atoms. The normalized spacial score (nSPS) is 16.5. The third-order valence-corrected chi connectivity index (χ3v) is 4.88. The maximum absolute atomic E-state index is 13.8. The zero-order valence-corrected chi connectivity index (χ0v) is 14.3. The number of hydrogen-bond donors (Lipinski definition) is 2. The summed E-state index contributed by atoms with van der Waals surface area (Å²) < 4.78 is 13.8. The fourth-order valence-electron chi connectivity index (χ4n) is 2.59. The zero-order valence-electron chi connectivity index (χ0n) is 12.6. The molecule has 0 aromatic heterocycles. The molecule has 0 saturated heterocycles. The van der Waals surface area contributed by atoms with Crippen LogP contribution in [0.2, 0.25) is 0 Å². The predicted octanol–water partition coefficient (Wildman–Crippen LogP) is 3.81. The van der Waals surface area contributed by atoms with Crippen LogP contribution in [-0.2, 0) is 4.79 Å². The number of benzene rings is 1. The molecule has 1 heterocycles. The molecule has 0 fully saturated rings. The summed E-state index contributed by atoms with van der Waals surface area (Å²) in [5.41, 5.74) is 6.36. The zero-order chi connectivity index (χ0) is 15.1. The quantitative estimate of drug-likeness (QED) is 0.738. The summed E-state index contributed by atoms with van der Waals surface area (Å²) in [6, 6.07) is 5.06. The van der Waals surface area contributed by atoms with Gasteiger partial charge in [0.25, 0.3) is 0 Å². The molecule has 6 heteroatoms. The number of unbranched alkanes of at least 4 members (excludes halogenated alkanes) is 3. The van der Waals surface area contributed by atoms with E-state index in [-0.39, 0.29) is 30.2 Å². The number of fused-ring (bicyclic) bond motifs is 1. The first-order valence-electron chi connectivity index (χ1n) is 7.63. The molecule has 0 radical (unpaired) electrons. The summed E-state index contributed by atoms with van der Waals surface area (Å²) >= 11 is 1.53. The van der Waals surface area contributed by atoms with E-state index in [1.807, 2.05) is 6.07 Å². The summed E-state index contributed by atoms with van der Waals surface area (Å²) in [5, 5.41) is 3.05. The van der Waals surface area contributed by atoms with Crippen LogP contribution in [0.1, 0.15) is 50.1 Å². The minimum absolute atomic E-state index is 0. The number of thioether (sulfide) groups is 1. The van der Waals surface area contributed by atoms with E-state index in [0.29, 0.717) is 17.9 Å². The Bertz CT molecular complexity index is 487. The van der Waals surface area contributed by atoms with Crippen LogP contribution in [0.3, 0.4) is 0 Å². The van der Waals surface area contributed by atoms with Gasteiger partial charge in [0.05, 0.1) is 6.04 Å². The first-order chi connectivity index (χ1) is 10.2. The average molecular weight is 347 g/mol. The first-order valence-corrected chi connectivity index (χ1v) is 8.61. The van der Waals surface area contributed by atoms with Crippen LogP contribution in [0.25, 0.3) is 0 Å². The van der Waals surface area contributed by atoms with Crippen LogP contribution in [0, 0.1) is 5.82 Å². The van der Waals surface area contributed by atoms with E-state index in [2.05, 4.69) is 5.32 Å². The van der Waals surface area contributed by atoms with Crippen LogP contribution in [0.15, 0.2) is 23.1 Å². The van der Waals surface area contributed by atoms with Crippen molar-refractivity contribution < 1.29 is 9.18 Å². The fraction of sp³-hybridized carbons (Fsp3) is 0.562. The molecule has 1 aromatic rings. The van der Waals surface area contributed by atoms with Crippen LogP contribution >= 0.6 is 24.2 Å². The van der Waals surface area contributed by atoms with E-state index in [0.717, 1.165) is 43.4 Å². The Balaban J connectivity index is 0.00000242. The van der Waals surface area contributed by atoms with E-state index < -0.39 is 0 Å². The van der Waals surface area contributed by atoms with Gasteiger partial charge in [0.1, 0.15) is 5.82 Å². The maximum Gasteiger partial charge on any atom is 0.220 e. The number of nitrogens with one attached hydrogen (secondary N) is 1. The van der Waals surface area contributed by atoms with Crippen molar-refractivity contribution >= 4 is 30.1 Å². The van der Waals surface area contributed by atoms with Gasteiger partial charge in [-0.25, -0.2) is 4.39 Å². The van der Waals surface area contributed by atoms with Gasteiger partial charge in [0, 0.05) is 17.1 Å². The molecule has 1 aliphatic heterocycles. The van der Waals surface area contributed by atoms with Gasteiger partial charge in [-0.3, -0.25) is 4.79 Å². The standard InChI is InChI=1S/C16H23FN2OS.ClH/c17-13-7-5-6-12-14(9-11-21-16(12)13)19-15(20)8-3-1-2-4-10-18;/h5-7,14H,1-4,8-11,18H2,(H,19,20);1H. The van der Waals surface area contributed by atoms with E-state index >= 15 is 0 Å². The van der Waals surface area contributed by atoms with Gasteiger partial charge in [0.2, 0.25) is 5.91 Å². The second-order valence-corrected chi connectivity index (χ2v) is 6.47. The minimum atomic E-state index is -0.182. The molecule has 1 aliphatic rings. The maximum atomic E-state index is 13.8. The summed E-state index contributed by atoms with van der Waals surface area (Å²) in [7, 11) is 0. The monoisotopic (exact) mass is 346 g/mol. The smallest absolute Gasteiger partial charge is 0.220 e. The van der Waals surface area contributed by atoms with Crippen molar-refractivity contribution in [2.24, 2.45) is 5.73 Å². The second-order valence-electron chi connectivity index (χ2n) is 5.37. The molecule has 0 bridgehead atoms. The van der Waals surface area contributed by atoms with E-state index in [1.54, 1.807) is 6.07 Å². The van der Waals surface area contributed by atoms with Crippen molar-refractivity contribution in [3.8, 4) is 0 Å². The van der Waals surface area contributed by atoms with Gasteiger partial charge in [-0.2, -0.15) is 0 Å². The number of hydrogen-bond acceptors (Lipinski definition) is 3. The van der Waals surface area contributed by atoms with E-state index in [1.165, 1.54) is 17.8 Å². The van der Waals surface area contributed by atoms with Gasteiger partial charge in [-0.05, 0) is 37.4 Å². The molecule has 0 aliphatic carbocycles. The minimum Gasteiger partial charge on any atom is -0.349 e. The van der Waals surface area contributed by atoms with Crippen LogP contribution in [0.4, 0.5) is 4.39 Å². The molecule has 1 atom stereocenters. The fourth-order valence-corrected chi connectivity index (χ4v) is 3.73. The summed E-state index contributed by atoms with van der Waals surface area (Å²) in [6.45, 7) is 0.717. The number of halogens is 2. The molecule has 1 amide bonds. The van der Waals surface area contributed by atoms with Crippen molar-refractivity contribution in [2.75, 3.05) is 12.3 Å². The highest BCUT2D eigenvalue weighted by Gasteiger charge is 2.24. The number of nitrogens with two attached hydrogens (primary N) is 1. The van der Waals surface area contributed by atoms with E-state index in [9.17, 15) is 9.18 Å². The molecule has 1 unspecified atom stereocenters. The third kappa shape index (κ3) is 5.45. The molecular formula is C16H24ClFN2OS. The number of carbonyl (C=O) groups excluding carboxylic acids is 1.